The molecule has 0 amide bonds. The van der Waals surface area contributed by atoms with Gasteiger partial charge in [0, 0.05) is 26.2 Å². The van der Waals surface area contributed by atoms with Gasteiger partial charge in [0.1, 0.15) is 11.9 Å². The normalized spacial score (nSPS) is 17.8. The molecule has 3 heterocycles. The zero-order valence-corrected chi connectivity index (χ0v) is 13.4. The third-order valence-corrected chi connectivity index (χ3v) is 4.03. The molecule has 0 saturated carbocycles. The first-order chi connectivity index (χ1) is 11.2. The molecule has 1 atom stereocenters. The summed E-state index contributed by atoms with van der Waals surface area (Å²) in [6.07, 6.45) is 3.85. The Hall–Kier alpha value is -1.89. The van der Waals surface area contributed by atoms with Crippen LogP contribution in [0.2, 0.25) is 0 Å². The maximum atomic E-state index is 9.74. The molecule has 0 aliphatic carbocycles. The van der Waals surface area contributed by atoms with E-state index in [0.717, 1.165) is 44.1 Å². The highest BCUT2D eigenvalue weighted by atomic mass is 16.3. The van der Waals surface area contributed by atoms with Crippen molar-refractivity contribution in [1.82, 2.24) is 14.7 Å². The summed E-state index contributed by atoms with van der Waals surface area (Å²) in [5.74, 6) is 0.871. The van der Waals surface area contributed by atoms with E-state index in [9.17, 15) is 5.11 Å². The Kier molecular flexibility index (Phi) is 4.95. The van der Waals surface area contributed by atoms with Crippen molar-refractivity contribution in [2.45, 2.75) is 32.5 Å². The van der Waals surface area contributed by atoms with Gasteiger partial charge in [-0.3, -0.25) is 9.58 Å². The number of hydrogen-bond acceptors (Lipinski definition) is 5. The molecule has 3 rings (SSSR count). The predicted molar refractivity (Wildman–Crippen MR) is 86.5 cm³/mol. The molecule has 2 aromatic heterocycles. The SMILES string of the molecule is C/C(=C\c1ccco1)CN1CCCn2nc([C@@H](O)CO)cc2C1. The Morgan fingerprint density at radius 2 is 2.35 bits per heavy atom. The molecule has 0 unspecified atom stereocenters. The van der Waals surface area contributed by atoms with Crippen molar-refractivity contribution < 1.29 is 14.6 Å². The molecule has 0 radical (unpaired) electrons. The lowest BCUT2D eigenvalue weighted by Gasteiger charge is -2.19. The number of aromatic nitrogens is 2. The molecule has 0 bridgehead atoms. The second-order valence-corrected chi connectivity index (χ2v) is 6.05. The van der Waals surface area contributed by atoms with E-state index >= 15 is 0 Å². The van der Waals surface area contributed by atoms with Crippen LogP contribution in [-0.4, -0.2) is 44.6 Å². The minimum absolute atomic E-state index is 0.300. The van der Waals surface area contributed by atoms with E-state index in [-0.39, 0.29) is 6.61 Å². The summed E-state index contributed by atoms with van der Waals surface area (Å²) in [6, 6.07) is 5.73. The monoisotopic (exact) mass is 317 g/mol. The van der Waals surface area contributed by atoms with E-state index in [2.05, 4.69) is 23.0 Å². The molecular weight excluding hydrogens is 294 g/mol. The topological polar surface area (TPSA) is 74.7 Å². The van der Waals surface area contributed by atoms with E-state index < -0.39 is 6.10 Å². The summed E-state index contributed by atoms with van der Waals surface area (Å²) in [6.45, 7) is 5.30. The maximum Gasteiger partial charge on any atom is 0.126 e. The molecule has 6 heteroatoms. The van der Waals surface area contributed by atoms with Gasteiger partial charge >= 0.3 is 0 Å². The van der Waals surface area contributed by atoms with E-state index in [1.165, 1.54) is 5.57 Å². The number of aliphatic hydroxyl groups is 2. The molecule has 124 valence electrons. The molecule has 1 aliphatic heterocycles. The summed E-state index contributed by atoms with van der Waals surface area (Å²) < 4.78 is 7.30. The van der Waals surface area contributed by atoms with E-state index in [1.54, 1.807) is 6.26 Å². The van der Waals surface area contributed by atoms with Crippen LogP contribution in [0.25, 0.3) is 6.08 Å². The Bertz CT molecular complexity index is 661. The van der Waals surface area contributed by atoms with Crippen LogP contribution >= 0.6 is 0 Å². The van der Waals surface area contributed by atoms with E-state index in [4.69, 9.17) is 9.52 Å². The summed E-state index contributed by atoms with van der Waals surface area (Å²) in [5, 5.41) is 23.2. The minimum Gasteiger partial charge on any atom is -0.465 e. The number of aryl methyl sites for hydroxylation is 1. The van der Waals surface area contributed by atoms with Crippen LogP contribution < -0.4 is 0 Å². The van der Waals surface area contributed by atoms with Gasteiger partial charge in [-0.05, 0) is 37.6 Å². The van der Waals surface area contributed by atoms with Crippen molar-refractivity contribution in [3.8, 4) is 0 Å². The number of rotatable bonds is 5. The highest BCUT2D eigenvalue weighted by Crippen LogP contribution is 2.19. The largest absolute Gasteiger partial charge is 0.465 e. The zero-order valence-electron chi connectivity index (χ0n) is 13.4. The Morgan fingerprint density at radius 1 is 1.48 bits per heavy atom. The highest BCUT2D eigenvalue weighted by Gasteiger charge is 2.19. The number of hydrogen-bond donors (Lipinski definition) is 2. The van der Waals surface area contributed by atoms with Gasteiger partial charge in [0.25, 0.3) is 0 Å². The third kappa shape index (κ3) is 3.90. The average Bonchev–Trinajstić information content (AvgIpc) is 3.13. The van der Waals surface area contributed by atoms with Crippen LogP contribution in [0.4, 0.5) is 0 Å². The summed E-state index contributed by atoms with van der Waals surface area (Å²) in [7, 11) is 0. The second-order valence-electron chi connectivity index (χ2n) is 6.05. The average molecular weight is 317 g/mol. The molecule has 2 aromatic rings. The molecule has 6 nitrogen and oxygen atoms in total. The van der Waals surface area contributed by atoms with Crippen molar-refractivity contribution >= 4 is 6.08 Å². The Labute approximate surface area is 135 Å². The van der Waals surface area contributed by atoms with Gasteiger partial charge in [-0.25, -0.2) is 0 Å². The molecule has 0 saturated heterocycles. The van der Waals surface area contributed by atoms with Crippen LogP contribution in [0.1, 0.15) is 36.6 Å². The van der Waals surface area contributed by atoms with Gasteiger partial charge in [-0.1, -0.05) is 5.57 Å². The van der Waals surface area contributed by atoms with Gasteiger partial charge in [0.15, 0.2) is 0 Å². The van der Waals surface area contributed by atoms with Gasteiger partial charge in [0.2, 0.25) is 0 Å². The van der Waals surface area contributed by atoms with Crippen molar-refractivity contribution in [3.63, 3.8) is 0 Å². The molecule has 23 heavy (non-hydrogen) atoms. The fourth-order valence-electron chi connectivity index (χ4n) is 2.96. The maximum absolute atomic E-state index is 9.74. The lowest BCUT2D eigenvalue weighted by molar-refractivity contribution is 0.0916. The summed E-state index contributed by atoms with van der Waals surface area (Å²) in [4.78, 5) is 2.37. The molecule has 0 aromatic carbocycles. The first kappa shape index (κ1) is 16.0. The predicted octanol–water partition coefficient (Wildman–Crippen LogP) is 1.81. The second kappa shape index (κ2) is 7.12. The van der Waals surface area contributed by atoms with Crippen LogP contribution in [0.3, 0.4) is 0 Å². The van der Waals surface area contributed by atoms with Crippen LogP contribution in [0.15, 0.2) is 34.5 Å². The van der Waals surface area contributed by atoms with Crippen molar-refractivity contribution in [2.75, 3.05) is 19.7 Å². The lowest BCUT2D eigenvalue weighted by atomic mass is 10.2. The Balaban J connectivity index is 1.69. The first-order valence-electron chi connectivity index (χ1n) is 7.94. The van der Waals surface area contributed by atoms with Crippen LogP contribution in [-0.2, 0) is 13.1 Å². The molecule has 2 N–H and O–H groups in total. The third-order valence-electron chi connectivity index (χ3n) is 4.03. The van der Waals surface area contributed by atoms with Crippen molar-refractivity contribution in [2.24, 2.45) is 0 Å². The van der Waals surface area contributed by atoms with Crippen LogP contribution in [0, 0.1) is 0 Å². The standard InChI is InChI=1S/C17H23N3O3/c1-13(8-15-4-2-7-23-15)10-19-5-3-6-20-14(11-19)9-16(18-20)17(22)12-21/h2,4,7-9,17,21-22H,3,5-6,10-12H2,1H3/b13-8+/t17-/m0/s1. The fraction of sp³-hybridized carbons (Fsp3) is 0.471. The molecule has 0 spiro atoms. The zero-order chi connectivity index (χ0) is 16.2. The highest BCUT2D eigenvalue weighted by molar-refractivity contribution is 5.46. The van der Waals surface area contributed by atoms with Crippen molar-refractivity contribution in [1.29, 1.82) is 0 Å². The number of fused-ring (bicyclic) bond motifs is 1. The van der Waals surface area contributed by atoms with Crippen molar-refractivity contribution in [3.05, 3.63) is 47.2 Å². The van der Waals surface area contributed by atoms with Crippen LogP contribution in [0.5, 0.6) is 0 Å². The molecule has 0 fully saturated rings. The lowest BCUT2D eigenvalue weighted by Crippen LogP contribution is -2.25. The summed E-state index contributed by atoms with van der Waals surface area (Å²) >= 11 is 0. The molecule has 1 aliphatic rings. The van der Waals surface area contributed by atoms with E-state index in [1.807, 2.05) is 22.9 Å². The summed E-state index contributed by atoms with van der Waals surface area (Å²) in [5.41, 5.74) is 2.87. The number of nitrogens with zero attached hydrogens (tertiary/aromatic N) is 3. The van der Waals surface area contributed by atoms with Gasteiger partial charge in [-0.2, -0.15) is 5.10 Å². The molecular formula is C17H23N3O3. The fourth-order valence-corrected chi connectivity index (χ4v) is 2.96. The Morgan fingerprint density at radius 3 is 3.09 bits per heavy atom. The smallest absolute Gasteiger partial charge is 0.126 e. The quantitative estimate of drug-likeness (QED) is 0.880. The number of furan rings is 1. The van der Waals surface area contributed by atoms with Gasteiger partial charge in [-0.15, -0.1) is 0 Å². The number of aliphatic hydroxyl groups excluding tert-OH is 2. The first-order valence-corrected chi connectivity index (χ1v) is 7.94. The minimum atomic E-state index is -0.900. The van der Waals surface area contributed by atoms with Gasteiger partial charge < -0.3 is 14.6 Å². The van der Waals surface area contributed by atoms with E-state index in [0.29, 0.717) is 5.69 Å². The van der Waals surface area contributed by atoms with Gasteiger partial charge in [0.05, 0.1) is 24.3 Å².